The Bertz CT molecular complexity index is 1340. The van der Waals surface area contributed by atoms with Crippen molar-refractivity contribution in [2.45, 2.75) is 93.3 Å². The number of Topliss-reactive ketones (excluding diaryl/α,β-unsaturated/α-hetero) is 1. The summed E-state index contributed by atoms with van der Waals surface area (Å²) < 4.78 is 31.5. The van der Waals surface area contributed by atoms with Gasteiger partial charge in [0.2, 0.25) is 5.79 Å². The monoisotopic (exact) mass is 526 g/mol. The minimum absolute atomic E-state index is 0.0583. The highest BCUT2D eigenvalue weighted by Crippen LogP contribution is 2.77. The van der Waals surface area contributed by atoms with Crippen LogP contribution in [0.1, 0.15) is 52.9 Å². The van der Waals surface area contributed by atoms with E-state index in [0.29, 0.717) is 12.8 Å². The first kappa shape index (κ1) is 22.7. The molecular formula is C28H30O10. The van der Waals surface area contributed by atoms with E-state index in [1.807, 2.05) is 19.9 Å². The van der Waals surface area contributed by atoms with Gasteiger partial charge >= 0.3 is 11.9 Å². The van der Waals surface area contributed by atoms with Gasteiger partial charge in [0.25, 0.3) is 0 Å². The van der Waals surface area contributed by atoms with Crippen molar-refractivity contribution in [3.8, 4) is 0 Å². The third-order valence-electron chi connectivity index (χ3n) is 12.9. The fourth-order valence-corrected chi connectivity index (χ4v) is 10.9. The number of carbonyl (C=O) groups is 4. The average molecular weight is 527 g/mol. The summed E-state index contributed by atoms with van der Waals surface area (Å²) in [6.45, 7) is 5.27. The van der Waals surface area contributed by atoms with Gasteiger partial charge < -0.3 is 28.8 Å². The van der Waals surface area contributed by atoms with Crippen LogP contribution in [-0.2, 0) is 42.9 Å². The van der Waals surface area contributed by atoms with E-state index in [1.54, 1.807) is 13.0 Å². The number of epoxide rings is 1. The zero-order chi connectivity index (χ0) is 26.5. The number of rotatable bonds is 0. The maximum absolute atomic E-state index is 14.9. The van der Waals surface area contributed by atoms with E-state index >= 15 is 0 Å². The first-order chi connectivity index (χ1) is 17.9. The summed E-state index contributed by atoms with van der Waals surface area (Å²) in [5, 5.41) is 12.4. The molecule has 2 saturated carbocycles. The van der Waals surface area contributed by atoms with Crippen LogP contribution < -0.4 is 0 Å². The van der Waals surface area contributed by atoms with Crippen LogP contribution in [0.25, 0.3) is 0 Å². The molecule has 10 heteroatoms. The predicted octanol–water partition coefficient (Wildman–Crippen LogP) is 0.768. The minimum atomic E-state index is -2.19. The van der Waals surface area contributed by atoms with Crippen molar-refractivity contribution in [1.29, 1.82) is 0 Å². The summed E-state index contributed by atoms with van der Waals surface area (Å²) in [7, 11) is 0. The largest absolute Gasteiger partial charge is 0.458 e. The van der Waals surface area contributed by atoms with Crippen molar-refractivity contribution in [2.24, 2.45) is 34.5 Å². The highest BCUT2D eigenvalue weighted by atomic mass is 16.8. The molecule has 0 radical (unpaired) electrons. The predicted molar refractivity (Wildman–Crippen MR) is 122 cm³/mol. The molecule has 8 fully saturated rings. The molecular weight excluding hydrogens is 496 g/mol. The molecule has 9 rings (SSSR count). The number of carbonyl (C=O) groups excluding carboxylic acids is 4. The summed E-state index contributed by atoms with van der Waals surface area (Å²) in [5.74, 6) is -6.56. The molecule has 0 aromatic heterocycles. The van der Waals surface area contributed by atoms with E-state index < -0.39 is 80.7 Å². The lowest BCUT2D eigenvalue weighted by Crippen LogP contribution is -2.79. The maximum Gasteiger partial charge on any atom is 0.342 e. The molecule has 10 nitrogen and oxygen atoms in total. The van der Waals surface area contributed by atoms with Crippen LogP contribution in [0.2, 0.25) is 0 Å². The zero-order valence-electron chi connectivity index (χ0n) is 21.5. The molecule has 9 aliphatic rings. The van der Waals surface area contributed by atoms with Gasteiger partial charge in [0.15, 0.2) is 28.4 Å². The second-order valence-electron chi connectivity index (χ2n) is 13.8. The summed E-state index contributed by atoms with van der Waals surface area (Å²) in [4.78, 5) is 55.6. The van der Waals surface area contributed by atoms with E-state index in [9.17, 15) is 24.3 Å². The van der Waals surface area contributed by atoms with Gasteiger partial charge in [-0.05, 0) is 63.4 Å². The minimum Gasteiger partial charge on any atom is -0.458 e. The lowest BCUT2D eigenvalue weighted by Gasteiger charge is -2.63. The number of hydrogen-bond acceptors (Lipinski definition) is 10. The Morgan fingerprint density at radius 3 is 2.63 bits per heavy atom. The smallest absolute Gasteiger partial charge is 0.342 e. The van der Waals surface area contributed by atoms with Crippen LogP contribution in [0.5, 0.6) is 0 Å². The summed E-state index contributed by atoms with van der Waals surface area (Å²) >= 11 is 0. The first-order valence-electron chi connectivity index (χ1n) is 13.8. The van der Waals surface area contributed by atoms with E-state index in [-0.39, 0.29) is 43.5 Å². The Morgan fingerprint density at radius 1 is 1.05 bits per heavy atom. The van der Waals surface area contributed by atoms with Crippen molar-refractivity contribution in [3.63, 3.8) is 0 Å². The van der Waals surface area contributed by atoms with E-state index in [1.165, 1.54) is 0 Å². The van der Waals surface area contributed by atoms with Gasteiger partial charge in [-0.25, -0.2) is 4.79 Å². The second-order valence-corrected chi connectivity index (χ2v) is 13.8. The standard InChI is InChI=1S/C28H30O10/c1-22-10-17-24(3)28-18(22)19(30)27(38-28,34-11-14(22)20(31)35-17)13-9-16-26(36-16)7-4-5-15(29)23(26,2)12(13)6-8-25(28,33)21(32)37-24/h4-5,12-14,16-18,33H,6-11H2,1-3H3/t12?,13?,14-,16-,17-,18-,22+,23-,24?,25-,26+,27?,28?/m0/s1. The lowest BCUT2D eigenvalue weighted by molar-refractivity contribution is -0.375. The fourth-order valence-electron chi connectivity index (χ4n) is 10.9. The molecule has 0 amide bonds. The van der Waals surface area contributed by atoms with Gasteiger partial charge in [-0.1, -0.05) is 13.0 Å². The quantitative estimate of drug-likeness (QED) is 0.356. The normalized spacial score (nSPS) is 64.1. The molecule has 1 N–H and O–H groups in total. The molecule has 38 heavy (non-hydrogen) atoms. The Kier molecular flexibility index (Phi) is 3.47. The molecule has 6 saturated heterocycles. The fraction of sp³-hybridized carbons (Fsp3) is 0.786. The number of ketones is 2. The molecule has 0 aromatic rings. The summed E-state index contributed by atoms with van der Waals surface area (Å²) in [6, 6.07) is 0. The van der Waals surface area contributed by atoms with Crippen molar-refractivity contribution >= 4 is 23.5 Å². The summed E-state index contributed by atoms with van der Waals surface area (Å²) in [5.41, 5.74) is -8.23. The van der Waals surface area contributed by atoms with Crippen LogP contribution in [-0.4, -0.2) is 75.6 Å². The highest BCUT2D eigenvalue weighted by molar-refractivity contribution is 6.00. The van der Waals surface area contributed by atoms with E-state index in [2.05, 4.69) is 0 Å². The Hall–Kier alpha value is -2.14. The van der Waals surface area contributed by atoms with Crippen LogP contribution in [0.3, 0.4) is 0 Å². The molecule has 3 aliphatic carbocycles. The Balaban J connectivity index is 1.34. The van der Waals surface area contributed by atoms with Gasteiger partial charge in [0.1, 0.15) is 11.7 Å². The van der Waals surface area contributed by atoms with Gasteiger partial charge in [0, 0.05) is 5.92 Å². The van der Waals surface area contributed by atoms with Gasteiger partial charge in [-0.2, -0.15) is 0 Å². The number of allylic oxidation sites excluding steroid dienone is 1. The Morgan fingerprint density at radius 2 is 1.84 bits per heavy atom. The van der Waals surface area contributed by atoms with Gasteiger partial charge in [-0.15, -0.1) is 0 Å². The van der Waals surface area contributed by atoms with Crippen molar-refractivity contribution in [3.05, 3.63) is 12.2 Å². The molecule has 5 unspecified atom stereocenters. The van der Waals surface area contributed by atoms with Gasteiger partial charge in [0.05, 0.1) is 30.0 Å². The van der Waals surface area contributed by atoms with Crippen LogP contribution in [0.15, 0.2) is 12.2 Å². The van der Waals surface area contributed by atoms with Crippen molar-refractivity contribution < 1.29 is 48.0 Å². The average Bonchev–Trinajstić information content (AvgIpc) is 3.45. The number of hydrogen-bond donors (Lipinski definition) is 1. The topological polar surface area (TPSA) is 138 Å². The zero-order valence-corrected chi connectivity index (χ0v) is 21.5. The molecule has 6 aliphatic heterocycles. The molecule has 5 bridgehead atoms. The molecule has 13 atom stereocenters. The lowest BCUT2D eigenvalue weighted by atomic mass is 9.46. The van der Waals surface area contributed by atoms with Crippen LogP contribution >= 0.6 is 0 Å². The Labute approximate surface area is 218 Å². The molecule has 0 aromatic carbocycles. The second kappa shape index (κ2) is 5.82. The van der Waals surface area contributed by atoms with E-state index in [4.69, 9.17) is 23.7 Å². The number of esters is 2. The van der Waals surface area contributed by atoms with E-state index in [0.717, 1.165) is 0 Å². The third kappa shape index (κ3) is 1.79. The van der Waals surface area contributed by atoms with Crippen molar-refractivity contribution in [2.75, 3.05) is 6.61 Å². The number of fused-ring (bicyclic) bond motifs is 4. The third-order valence-corrected chi connectivity index (χ3v) is 12.9. The molecule has 6 heterocycles. The maximum atomic E-state index is 14.9. The van der Waals surface area contributed by atoms with Crippen LogP contribution in [0.4, 0.5) is 0 Å². The van der Waals surface area contributed by atoms with Gasteiger partial charge in [-0.3, -0.25) is 14.4 Å². The molecule has 3 spiro atoms. The first-order valence-corrected chi connectivity index (χ1v) is 13.8. The molecule has 202 valence electrons. The number of aliphatic hydroxyl groups is 1. The number of ether oxygens (including phenoxy) is 5. The highest BCUT2D eigenvalue weighted by Gasteiger charge is 2.94. The van der Waals surface area contributed by atoms with Crippen LogP contribution in [0, 0.1) is 34.5 Å². The SMILES string of the molecule is CC12OC(=O)[C@@]3(O)CCC4C(C[C@@H]5O[C@]56CC=CC(=O)[C@]46C)C45OC[C@H]6C(=O)O[C@H]1C[C@@]6(C)[C@H](C4=O)C23O5. The summed E-state index contributed by atoms with van der Waals surface area (Å²) in [6.07, 6.45) is 3.82. The van der Waals surface area contributed by atoms with Crippen molar-refractivity contribution in [1.82, 2.24) is 0 Å².